The molecule has 0 heterocycles. The molecule has 3 atom stereocenters. The van der Waals surface area contributed by atoms with Crippen molar-refractivity contribution in [3.05, 3.63) is 52.6 Å². The molecule has 2 fully saturated rings. The van der Waals surface area contributed by atoms with Crippen LogP contribution in [0.2, 0.25) is 0 Å². The molecule has 0 aromatic heterocycles. The molecule has 0 spiro atoms. The zero-order valence-corrected chi connectivity index (χ0v) is 19.8. The zero-order chi connectivity index (χ0) is 24.5. The van der Waals surface area contributed by atoms with Gasteiger partial charge in [0.15, 0.2) is 4.90 Å². The first kappa shape index (κ1) is 23.8. The molecule has 1 N–H and O–H groups in total. The van der Waals surface area contributed by atoms with E-state index in [1.54, 1.807) is 0 Å². The van der Waals surface area contributed by atoms with Crippen LogP contribution >= 0.6 is 0 Å². The van der Waals surface area contributed by atoms with Crippen molar-refractivity contribution in [2.24, 2.45) is 11.8 Å². The maximum absolute atomic E-state index is 13.7. The molecule has 0 radical (unpaired) electrons. The van der Waals surface area contributed by atoms with Gasteiger partial charge < -0.3 is 14.8 Å². The van der Waals surface area contributed by atoms with Crippen LogP contribution in [-0.2, 0) is 14.8 Å². The predicted molar refractivity (Wildman–Crippen MR) is 125 cm³/mol. The molecular weight excluding hydrogens is 462 g/mol. The van der Waals surface area contributed by atoms with E-state index >= 15 is 0 Å². The van der Waals surface area contributed by atoms with Gasteiger partial charge in [-0.3, -0.25) is 19.2 Å². The number of nitrogens with one attached hydrogen (secondary N) is 1. The topological polar surface area (TPSA) is 128 Å². The van der Waals surface area contributed by atoms with Crippen LogP contribution in [0.4, 0.5) is 11.4 Å². The van der Waals surface area contributed by atoms with Crippen LogP contribution in [0.25, 0.3) is 0 Å². The first-order valence-corrected chi connectivity index (χ1v) is 12.5. The molecule has 2 aromatic carbocycles. The standard InChI is InChI=1S/C23H27N3O7S/c1-32-17-9-10-19(21(13-17)33-2)25(14-23(27)24-18-12-15-7-8-16(18)11-15)34(30,31)22-6-4-3-5-20(22)26(28)29/h3-6,9-10,13,15-16,18H,7-8,11-12,14H2,1-2H3,(H,24,27)/t15-,16+,18+/m0/s1. The van der Waals surface area contributed by atoms with E-state index in [1.807, 2.05) is 0 Å². The second-order valence-electron chi connectivity index (χ2n) is 8.62. The minimum atomic E-state index is -4.51. The Morgan fingerprint density at radius 2 is 1.91 bits per heavy atom. The maximum Gasteiger partial charge on any atom is 0.289 e. The van der Waals surface area contributed by atoms with Crippen LogP contribution in [0.5, 0.6) is 11.5 Å². The fourth-order valence-electron chi connectivity index (χ4n) is 5.04. The number of para-hydroxylation sites is 1. The molecule has 2 aliphatic rings. The Kier molecular flexibility index (Phi) is 6.65. The lowest BCUT2D eigenvalue weighted by Crippen LogP contribution is -2.46. The number of nitro groups is 1. The summed E-state index contributed by atoms with van der Waals surface area (Å²) >= 11 is 0. The number of carbonyl (C=O) groups is 1. The SMILES string of the molecule is COc1ccc(N(CC(=O)N[C@@H]2C[C@H]3CC[C@@H]2C3)S(=O)(=O)c2ccccc2[N+](=O)[O-])c(OC)c1. The van der Waals surface area contributed by atoms with Gasteiger partial charge in [-0.25, -0.2) is 8.42 Å². The highest BCUT2D eigenvalue weighted by Crippen LogP contribution is 2.44. The summed E-state index contributed by atoms with van der Waals surface area (Å²) in [5, 5.41) is 14.5. The smallest absolute Gasteiger partial charge is 0.289 e. The van der Waals surface area contributed by atoms with E-state index in [-0.39, 0.29) is 17.5 Å². The number of amides is 1. The number of hydrogen-bond acceptors (Lipinski definition) is 7. The number of nitro benzene ring substituents is 1. The van der Waals surface area contributed by atoms with Crippen molar-refractivity contribution in [2.75, 3.05) is 25.1 Å². The number of nitrogens with zero attached hydrogens (tertiary/aromatic N) is 2. The fraction of sp³-hybridized carbons (Fsp3) is 0.435. The van der Waals surface area contributed by atoms with E-state index in [0.717, 1.165) is 42.1 Å². The van der Waals surface area contributed by atoms with Gasteiger partial charge in [-0.2, -0.15) is 0 Å². The van der Waals surface area contributed by atoms with Gasteiger partial charge in [0.05, 0.1) is 24.8 Å². The van der Waals surface area contributed by atoms with Gasteiger partial charge >= 0.3 is 0 Å². The quantitative estimate of drug-likeness (QED) is 0.423. The third-order valence-corrected chi connectivity index (χ3v) is 8.46. The fourth-order valence-corrected chi connectivity index (χ4v) is 6.63. The second-order valence-corrected chi connectivity index (χ2v) is 10.5. The summed E-state index contributed by atoms with van der Waals surface area (Å²) in [6, 6.07) is 9.55. The van der Waals surface area contributed by atoms with E-state index in [0.29, 0.717) is 17.6 Å². The van der Waals surface area contributed by atoms with Crippen molar-refractivity contribution in [3.63, 3.8) is 0 Å². The van der Waals surface area contributed by atoms with E-state index in [1.165, 1.54) is 44.6 Å². The van der Waals surface area contributed by atoms with Gasteiger partial charge in [0, 0.05) is 18.2 Å². The van der Waals surface area contributed by atoms with Gasteiger partial charge in [0.1, 0.15) is 18.0 Å². The Labute approximate surface area is 198 Å². The highest BCUT2D eigenvalue weighted by atomic mass is 32.2. The molecular formula is C23H27N3O7S. The number of benzene rings is 2. The van der Waals surface area contributed by atoms with Gasteiger partial charge in [-0.1, -0.05) is 18.6 Å². The molecule has 0 unspecified atom stereocenters. The van der Waals surface area contributed by atoms with Gasteiger partial charge in [-0.15, -0.1) is 0 Å². The van der Waals surface area contributed by atoms with Crippen LogP contribution in [-0.4, -0.2) is 46.1 Å². The summed E-state index contributed by atoms with van der Waals surface area (Å²) < 4.78 is 38.9. The molecule has 34 heavy (non-hydrogen) atoms. The average molecular weight is 490 g/mol. The van der Waals surface area contributed by atoms with Crippen LogP contribution in [0.1, 0.15) is 25.7 Å². The summed E-state index contributed by atoms with van der Waals surface area (Å²) in [5.74, 6) is 1.11. The monoisotopic (exact) mass is 489 g/mol. The molecule has 2 aliphatic carbocycles. The minimum absolute atomic E-state index is 0.0135. The highest BCUT2D eigenvalue weighted by Gasteiger charge is 2.41. The highest BCUT2D eigenvalue weighted by molar-refractivity contribution is 7.93. The van der Waals surface area contributed by atoms with Crippen molar-refractivity contribution < 1.29 is 27.6 Å². The molecule has 1 amide bonds. The largest absolute Gasteiger partial charge is 0.497 e. The Bertz CT molecular complexity index is 1200. The lowest BCUT2D eigenvalue weighted by molar-refractivity contribution is -0.387. The Hall–Kier alpha value is -3.34. The lowest BCUT2D eigenvalue weighted by atomic mass is 9.95. The van der Waals surface area contributed by atoms with Gasteiger partial charge in [0.2, 0.25) is 5.91 Å². The van der Waals surface area contributed by atoms with Crippen molar-refractivity contribution in [1.82, 2.24) is 5.32 Å². The number of ether oxygens (including phenoxy) is 2. The third kappa shape index (κ3) is 4.52. The normalized spacial score (nSPS) is 21.2. The van der Waals surface area contributed by atoms with Crippen molar-refractivity contribution >= 4 is 27.3 Å². The second kappa shape index (κ2) is 9.49. The Morgan fingerprint density at radius 1 is 1.15 bits per heavy atom. The first-order valence-electron chi connectivity index (χ1n) is 11.0. The van der Waals surface area contributed by atoms with Gasteiger partial charge in [0.25, 0.3) is 15.7 Å². The molecule has 0 saturated heterocycles. The van der Waals surface area contributed by atoms with Crippen LogP contribution in [0.15, 0.2) is 47.4 Å². The maximum atomic E-state index is 13.7. The first-order chi connectivity index (χ1) is 16.2. The van der Waals surface area contributed by atoms with Crippen molar-refractivity contribution in [3.8, 4) is 11.5 Å². The number of carbonyl (C=O) groups excluding carboxylic acids is 1. The summed E-state index contributed by atoms with van der Waals surface area (Å²) in [4.78, 5) is 23.4. The van der Waals surface area contributed by atoms with Crippen molar-refractivity contribution in [1.29, 1.82) is 0 Å². The number of hydrogen-bond donors (Lipinski definition) is 1. The summed E-state index contributed by atoms with van der Waals surface area (Å²) in [7, 11) is -1.69. The van der Waals surface area contributed by atoms with Crippen molar-refractivity contribution in [2.45, 2.75) is 36.6 Å². The number of anilines is 1. The molecule has 11 heteroatoms. The molecule has 2 aromatic rings. The molecule has 0 aliphatic heterocycles. The average Bonchev–Trinajstić information content (AvgIpc) is 3.45. The molecule has 2 bridgehead atoms. The minimum Gasteiger partial charge on any atom is -0.497 e. The van der Waals surface area contributed by atoms with E-state index in [2.05, 4.69) is 5.32 Å². The van der Waals surface area contributed by atoms with Gasteiger partial charge in [-0.05, 0) is 49.3 Å². The number of sulfonamides is 1. The number of fused-ring (bicyclic) bond motifs is 2. The van der Waals surface area contributed by atoms with E-state index in [9.17, 15) is 23.3 Å². The Morgan fingerprint density at radius 3 is 2.53 bits per heavy atom. The Balaban J connectivity index is 1.73. The molecule has 4 rings (SSSR count). The van der Waals surface area contributed by atoms with Crippen LogP contribution < -0.4 is 19.1 Å². The van der Waals surface area contributed by atoms with Crippen LogP contribution in [0.3, 0.4) is 0 Å². The molecule has 182 valence electrons. The zero-order valence-electron chi connectivity index (χ0n) is 19.0. The lowest BCUT2D eigenvalue weighted by Gasteiger charge is -2.28. The predicted octanol–water partition coefficient (Wildman–Crippen LogP) is 3.11. The van der Waals surface area contributed by atoms with Crippen LogP contribution in [0, 0.1) is 22.0 Å². The summed E-state index contributed by atoms with van der Waals surface area (Å²) in [6.45, 7) is -0.551. The summed E-state index contributed by atoms with van der Waals surface area (Å²) in [6.07, 6.45) is 4.19. The molecule has 10 nitrogen and oxygen atoms in total. The third-order valence-electron chi connectivity index (χ3n) is 6.66. The van der Waals surface area contributed by atoms with E-state index < -0.39 is 38.0 Å². The summed E-state index contributed by atoms with van der Waals surface area (Å²) in [5.41, 5.74) is -0.502. The number of methoxy groups -OCH3 is 2. The number of rotatable bonds is 9. The van der Waals surface area contributed by atoms with E-state index in [4.69, 9.17) is 9.47 Å². The molecule has 2 saturated carbocycles.